The number of alkyl carbamates (subject to hydrolysis) is 1. The molecule has 1 aliphatic rings. The Kier molecular flexibility index (Phi) is 8.32. The van der Waals surface area contributed by atoms with Crippen LogP contribution in [0.2, 0.25) is 0 Å². The van der Waals surface area contributed by atoms with Gasteiger partial charge < -0.3 is 19.7 Å². The molecule has 0 radical (unpaired) electrons. The quantitative estimate of drug-likeness (QED) is 0.633. The molecule has 2 aromatic rings. The molecule has 1 fully saturated rings. The number of piperidine rings is 1. The van der Waals surface area contributed by atoms with Gasteiger partial charge in [0, 0.05) is 18.3 Å². The van der Waals surface area contributed by atoms with Crippen molar-refractivity contribution in [1.29, 1.82) is 0 Å². The molecule has 0 aliphatic carbocycles. The van der Waals surface area contributed by atoms with E-state index in [4.69, 9.17) is 9.47 Å². The first kappa shape index (κ1) is 24.6. The number of pyridine rings is 1. The van der Waals surface area contributed by atoms with Crippen LogP contribution in [0.15, 0.2) is 36.8 Å². The lowest BCUT2D eigenvalue weighted by atomic mass is 9.96. The van der Waals surface area contributed by atoms with Crippen LogP contribution >= 0.6 is 0 Å². The molecule has 3 heterocycles. The molecule has 2 aromatic heterocycles. The van der Waals surface area contributed by atoms with E-state index < -0.39 is 11.7 Å². The van der Waals surface area contributed by atoms with Gasteiger partial charge in [0.15, 0.2) is 0 Å². The summed E-state index contributed by atoms with van der Waals surface area (Å²) in [6.07, 6.45) is 6.87. The largest absolute Gasteiger partial charge is 0.469 e. The lowest BCUT2D eigenvalue weighted by molar-refractivity contribution is -0.147. The molecule has 1 unspecified atom stereocenters. The van der Waals surface area contributed by atoms with Crippen molar-refractivity contribution in [3.05, 3.63) is 42.4 Å². The average Bonchev–Trinajstić information content (AvgIpc) is 2.81. The summed E-state index contributed by atoms with van der Waals surface area (Å²) in [5, 5.41) is 10.7. The average molecular weight is 456 g/mol. The zero-order chi connectivity index (χ0) is 23.8. The fourth-order valence-electron chi connectivity index (χ4n) is 3.87. The predicted molar refractivity (Wildman–Crippen MR) is 123 cm³/mol. The summed E-state index contributed by atoms with van der Waals surface area (Å²) < 4.78 is 10.3. The minimum Gasteiger partial charge on any atom is -0.469 e. The Morgan fingerprint density at radius 3 is 2.48 bits per heavy atom. The molecular weight excluding hydrogens is 422 g/mol. The van der Waals surface area contributed by atoms with Crippen molar-refractivity contribution in [1.82, 2.24) is 25.4 Å². The molecule has 0 spiro atoms. The van der Waals surface area contributed by atoms with Gasteiger partial charge in [-0.2, -0.15) is 10.2 Å². The number of hydrogen-bond donors (Lipinski definition) is 1. The molecule has 1 amide bonds. The number of esters is 1. The van der Waals surface area contributed by atoms with Gasteiger partial charge in [0.2, 0.25) is 0 Å². The van der Waals surface area contributed by atoms with Crippen molar-refractivity contribution >= 4 is 12.1 Å². The van der Waals surface area contributed by atoms with Gasteiger partial charge in [-0.3, -0.25) is 9.78 Å². The van der Waals surface area contributed by atoms with Crippen LogP contribution in [0, 0.1) is 5.92 Å². The standard InChI is InChI=1S/C24H33N5O4/c1-24(2,3)33-23(31)28-21(10-14-29-12-8-17(9-13-29)22(30)32-4)18-5-6-20(25-15-18)19-7-11-26-27-16-19/h5-7,11,15-17,21H,8-10,12-14H2,1-4H3,(H,28,31). The summed E-state index contributed by atoms with van der Waals surface area (Å²) in [5.74, 6) is -0.156. The van der Waals surface area contributed by atoms with E-state index in [-0.39, 0.29) is 17.9 Å². The molecule has 0 aromatic carbocycles. The molecule has 33 heavy (non-hydrogen) atoms. The van der Waals surface area contributed by atoms with Crippen LogP contribution in [-0.4, -0.2) is 64.5 Å². The first-order valence-corrected chi connectivity index (χ1v) is 11.3. The molecule has 9 heteroatoms. The Morgan fingerprint density at radius 1 is 1.15 bits per heavy atom. The van der Waals surface area contributed by atoms with Gasteiger partial charge >= 0.3 is 12.1 Å². The maximum atomic E-state index is 12.5. The molecule has 0 bridgehead atoms. The minimum atomic E-state index is -0.582. The van der Waals surface area contributed by atoms with Crippen LogP contribution in [0.25, 0.3) is 11.3 Å². The Labute approximate surface area is 194 Å². The summed E-state index contributed by atoms with van der Waals surface area (Å²) in [7, 11) is 1.44. The van der Waals surface area contributed by atoms with Gasteiger partial charge in [0.25, 0.3) is 0 Å². The predicted octanol–water partition coefficient (Wildman–Crippen LogP) is 3.38. The van der Waals surface area contributed by atoms with Crippen molar-refractivity contribution in [3.8, 4) is 11.3 Å². The number of nitrogens with zero attached hydrogens (tertiary/aromatic N) is 4. The van der Waals surface area contributed by atoms with Gasteiger partial charge in [0.1, 0.15) is 5.60 Å². The van der Waals surface area contributed by atoms with E-state index in [9.17, 15) is 9.59 Å². The Bertz CT molecular complexity index is 907. The summed E-state index contributed by atoms with van der Waals surface area (Å²) in [6, 6.07) is 5.48. The van der Waals surface area contributed by atoms with Crippen molar-refractivity contribution < 1.29 is 19.1 Å². The van der Waals surface area contributed by atoms with E-state index in [1.807, 2.05) is 39.0 Å². The monoisotopic (exact) mass is 455 g/mol. The van der Waals surface area contributed by atoms with Crippen molar-refractivity contribution in [2.24, 2.45) is 5.92 Å². The van der Waals surface area contributed by atoms with E-state index in [0.717, 1.165) is 49.3 Å². The number of likely N-dealkylation sites (tertiary alicyclic amines) is 1. The maximum absolute atomic E-state index is 12.5. The third-order valence-electron chi connectivity index (χ3n) is 5.62. The molecule has 3 rings (SSSR count). The number of carbonyl (C=O) groups excluding carboxylic acids is 2. The fourth-order valence-corrected chi connectivity index (χ4v) is 3.87. The van der Waals surface area contributed by atoms with Gasteiger partial charge in [-0.1, -0.05) is 6.07 Å². The highest BCUT2D eigenvalue weighted by molar-refractivity contribution is 5.72. The number of methoxy groups -OCH3 is 1. The number of rotatable bonds is 7. The normalized spacial score (nSPS) is 16.1. The summed E-state index contributed by atoms with van der Waals surface area (Å²) in [4.78, 5) is 31.1. The van der Waals surface area contributed by atoms with E-state index >= 15 is 0 Å². The first-order valence-electron chi connectivity index (χ1n) is 11.3. The third-order valence-corrected chi connectivity index (χ3v) is 5.62. The third kappa shape index (κ3) is 7.49. The summed E-state index contributed by atoms with van der Waals surface area (Å²) in [5.41, 5.74) is 1.98. The number of nitrogens with one attached hydrogen (secondary N) is 1. The van der Waals surface area contributed by atoms with E-state index in [1.54, 1.807) is 18.6 Å². The second-order valence-electron chi connectivity index (χ2n) is 9.23. The van der Waals surface area contributed by atoms with E-state index in [1.165, 1.54) is 7.11 Å². The number of aromatic nitrogens is 3. The highest BCUT2D eigenvalue weighted by Crippen LogP contribution is 2.24. The Morgan fingerprint density at radius 2 is 1.91 bits per heavy atom. The number of amides is 1. The summed E-state index contributed by atoms with van der Waals surface area (Å²) in [6.45, 7) is 7.95. The molecule has 0 saturated carbocycles. The topological polar surface area (TPSA) is 107 Å². The number of hydrogen-bond acceptors (Lipinski definition) is 8. The lowest BCUT2D eigenvalue weighted by Crippen LogP contribution is -2.40. The first-order chi connectivity index (χ1) is 15.7. The van der Waals surface area contributed by atoms with Crippen molar-refractivity contribution in [2.45, 2.75) is 51.7 Å². The molecule has 1 saturated heterocycles. The van der Waals surface area contributed by atoms with Crippen LogP contribution in [0.4, 0.5) is 4.79 Å². The summed E-state index contributed by atoms with van der Waals surface area (Å²) >= 11 is 0. The highest BCUT2D eigenvalue weighted by atomic mass is 16.6. The van der Waals surface area contributed by atoms with Crippen LogP contribution < -0.4 is 5.32 Å². The second-order valence-corrected chi connectivity index (χ2v) is 9.23. The van der Waals surface area contributed by atoms with Gasteiger partial charge in [-0.25, -0.2) is 4.79 Å². The maximum Gasteiger partial charge on any atom is 0.408 e. The smallest absolute Gasteiger partial charge is 0.408 e. The number of ether oxygens (including phenoxy) is 2. The second kappa shape index (κ2) is 11.2. The lowest BCUT2D eigenvalue weighted by Gasteiger charge is -2.32. The van der Waals surface area contributed by atoms with Crippen molar-refractivity contribution in [2.75, 3.05) is 26.7 Å². The van der Waals surface area contributed by atoms with Crippen molar-refractivity contribution in [3.63, 3.8) is 0 Å². The number of carbonyl (C=O) groups is 2. The van der Waals surface area contributed by atoms with Gasteiger partial charge in [-0.05, 0) is 70.8 Å². The zero-order valence-corrected chi connectivity index (χ0v) is 19.8. The van der Waals surface area contributed by atoms with Crippen LogP contribution in [0.3, 0.4) is 0 Å². The zero-order valence-electron chi connectivity index (χ0n) is 19.8. The van der Waals surface area contributed by atoms with Gasteiger partial charge in [0.05, 0.1) is 37.2 Å². The Balaban J connectivity index is 1.66. The highest BCUT2D eigenvalue weighted by Gasteiger charge is 2.27. The van der Waals surface area contributed by atoms with E-state index in [0.29, 0.717) is 6.42 Å². The van der Waals surface area contributed by atoms with Gasteiger partial charge in [-0.15, -0.1) is 0 Å². The molecule has 1 N–H and O–H groups in total. The Hall–Kier alpha value is -3.07. The molecule has 178 valence electrons. The minimum absolute atomic E-state index is 0.0265. The van der Waals surface area contributed by atoms with Crippen LogP contribution in [0.5, 0.6) is 0 Å². The molecule has 1 atom stereocenters. The fraction of sp³-hybridized carbons (Fsp3) is 0.542. The van der Waals surface area contributed by atoms with Crippen LogP contribution in [0.1, 0.15) is 51.6 Å². The van der Waals surface area contributed by atoms with E-state index in [2.05, 4.69) is 25.4 Å². The molecule has 1 aliphatic heterocycles. The SMILES string of the molecule is COC(=O)C1CCN(CCC(NC(=O)OC(C)(C)C)c2ccc(-c3ccnnc3)nc2)CC1. The molecule has 9 nitrogen and oxygen atoms in total. The molecular formula is C24H33N5O4. The van der Waals surface area contributed by atoms with Crippen LogP contribution in [-0.2, 0) is 14.3 Å².